The monoisotopic (exact) mass is 338 g/mol. The predicted octanol–water partition coefficient (Wildman–Crippen LogP) is 4.25. The molecule has 0 bridgehead atoms. The smallest absolute Gasteiger partial charge is 0.256 e. The molecule has 0 saturated heterocycles. The number of benzene rings is 2. The normalized spacial score (nSPS) is 10.3. The molecule has 0 fully saturated rings. The van der Waals surface area contributed by atoms with Crippen LogP contribution in [0, 0.1) is 6.92 Å². The standard InChI is InChI=1S/C14H12BrClN2O/c1-8-12(17)3-2-4-13(8)18-14(19)10-6-5-9(16)7-11(10)15/h2-7H,17H2,1H3,(H,18,19). The summed E-state index contributed by atoms with van der Waals surface area (Å²) in [6.07, 6.45) is 0. The molecule has 0 radical (unpaired) electrons. The number of nitrogen functional groups attached to an aromatic ring is 1. The number of halogens is 2. The lowest BCUT2D eigenvalue weighted by Gasteiger charge is -2.11. The van der Waals surface area contributed by atoms with Crippen molar-refractivity contribution >= 4 is 44.8 Å². The van der Waals surface area contributed by atoms with Gasteiger partial charge in [0.2, 0.25) is 0 Å². The summed E-state index contributed by atoms with van der Waals surface area (Å²) in [7, 11) is 0. The molecule has 0 aromatic heterocycles. The highest BCUT2D eigenvalue weighted by Crippen LogP contribution is 2.25. The second-order valence-electron chi connectivity index (χ2n) is 4.10. The lowest BCUT2D eigenvalue weighted by Crippen LogP contribution is -2.13. The Labute approximate surface area is 124 Å². The van der Waals surface area contributed by atoms with Gasteiger partial charge in [0.25, 0.3) is 5.91 Å². The van der Waals surface area contributed by atoms with E-state index in [2.05, 4.69) is 21.2 Å². The highest BCUT2D eigenvalue weighted by Gasteiger charge is 2.12. The highest BCUT2D eigenvalue weighted by molar-refractivity contribution is 9.10. The largest absolute Gasteiger partial charge is 0.398 e. The number of rotatable bonds is 2. The predicted molar refractivity (Wildman–Crippen MR) is 82.7 cm³/mol. The van der Waals surface area contributed by atoms with Gasteiger partial charge in [-0.3, -0.25) is 4.79 Å². The van der Waals surface area contributed by atoms with Crippen molar-refractivity contribution in [3.8, 4) is 0 Å². The van der Waals surface area contributed by atoms with Gasteiger partial charge in [-0.05, 0) is 58.7 Å². The van der Waals surface area contributed by atoms with Crippen LogP contribution >= 0.6 is 27.5 Å². The number of carbonyl (C=O) groups is 1. The van der Waals surface area contributed by atoms with Crippen LogP contribution in [0.3, 0.4) is 0 Å². The Bertz CT molecular complexity index is 643. The first-order chi connectivity index (χ1) is 8.99. The summed E-state index contributed by atoms with van der Waals surface area (Å²) in [5, 5.41) is 3.41. The number of hydrogen-bond donors (Lipinski definition) is 2. The Morgan fingerprint density at radius 2 is 2.05 bits per heavy atom. The van der Waals surface area contributed by atoms with Gasteiger partial charge in [-0.1, -0.05) is 17.7 Å². The fourth-order valence-corrected chi connectivity index (χ4v) is 2.51. The third-order valence-corrected chi connectivity index (χ3v) is 3.69. The van der Waals surface area contributed by atoms with Crippen LogP contribution in [0.1, 0.15) is 15.9 Å². The molecule has 2 aromatic rings. The van der Waals surface area contributed by atoms with Crippen LogP contribution in [0.2, 0.25) is 5.02 Å². The third kappa shape index (κ3) is 3.08. The molecule has 98 valence electrons. The van der Waals surface area contributed by atoms with E-state index in [1.807, 2.05) is 13.0 Å². The van der Waals surface area contributed by atoms with E-state index < -0.39 is 0 Å². The Hall–Kier alpha value is -1.52. The molecule has 1 amide bonds. The van der Waals surface area contributed by atoms with Crippen LogP contribution in [-0.4, -0.2) is 5.91 Å². The second kappa shape index (κ2) is 5.63. The maximum atomic E-state index is 12.2. The molecule has 0 aliphatic carbocycles. The average molecular weight is 340 g/mol. The zero-order valence-corrected chi connectivity index (χ0v) is 12.5. The quantitative estimate of drug-likeness (QED) is 0.804. The van der Waals surface area contributed by atoms with Gasteiger partial charge in [0.05, 0.1) is 5.56 Å². The minimum atomic E-state index is -0.211. The Kier molecular flexibility index (Phi) is 4.12. The molecule has 3 N–H and O–H groups in total. The van der Waals surface area contributed by atoms with Gasteiger partial charge >= 0.3 is 0 Å². The number of anilines is 2. The summed E-state index contributed by atoms with van der Waals surface area (Å²) in [6.45, 7) is 1.86. The molecule has 2 rings (SSSR count). The number of carbonyl (C=O) groups excluding carboxylic acids is 1. The van der Waals surface area contributed by atoms with E-state index in [0.717, 1.165) is 5.56 Å². The topological polar surface area (TPSA) is 55.1 Å². The van der Waals surface area contributed by atoms with E-state index in [0.29, 0.717) is 26.4 Å². The molecular formula is C14H12BrClN2O. The lowest BCUT2D eigenvalue weighted by molar-refractivity contribution is 0.102. The molecule has 3 nitrogen and oxygen atoms in total. The molecule has 0 atom stereocenters. The molecule has 0 saturated carbocycles. The van der Waals surface area contributed by atoms with Crippen LogP contribution in [0.4, 0.5) is 11.4 Å². The van der Waals surface area contributed by atoms with E-state index in [-0.39, 0.29) is 5.91 Å². The summed E-state index contributed by atoms with van der Waals surface area (Å²) in [5.74, 6) is -0.211. The minimum absolute atomic E-state index is 0.211. The van der Waals surface area contributed by atoms with Crippen LogP contribution in [0.15, 0.2) is 40.9 Å². The van der Waals surface area contributed by atoms with Crippen molar-refractivity contribution < 1.29 is 4.79 Å². The number of amides is 1. The Morgan fingerprint density at radius 3 is 2.74 bits per heavy atom. The van der Waals surface area contributed by atoms with Crippen LogP contribution in [0.5, 0.6) is 0 Å². The van der Waals surface area contributed by atoms with Crippen molar-refractivity contribution in [3.63, 3.8) is 0 Å². The zero-order valence-electron chi connectivity index (χ0n) is 10.2. The fraction of sp³-hybridized carbons (Fsp3) is 0.0714. The van der Waals surface area contributed by atoms with E-state index >= 15 is 0 Å². The number of nitrogens with two attached hydrogens (primary N) is 1. The van der Waals surface area contributed by atoms with E-state index in [9.17, 15) is 4.79 Å². The first-order valence-electron chi connectivity index (χ1n) is 5.60. The molecule has 0 spiro atoms. The lowest BCUT2D eigenvalue weighted by atomic mass is 10.1. The van der Waals surface area contributed by atoms with Crippen molar-refractivity contribution in [2.75, 3.05) is 11.1 Å². The van der Waals surface area contributed by atoms with Crippen molar-refractivity contribution in [1.82, 2.24) is 0 Å². The van der Waals surface area contributed by atoms with E-state index in [4.69, 9.17) is 17.3 Å². The van der Waals surface area contributed by atoms with E-state index in [1.54, 1.807) is 30.3 Å². The molecule has 19 heavy (non-hydrogen) atoms. The zero-order chi connectivity index (χ0) is 14.0. The van der Waals surface area contributed by atoms with E-state index in [1.165, 1.54) is 0 Å². The van der Waals surface area contributed by atoms with Gasteiger partial charge < -0.3 is 11.1 Å². The summed E-state index contributed by atoms with van der Waals surface area (Å²) in [4.78, 5) is 12.2. The maximum absolute atomic E-state index is 12.2. The fourth-order valence-electron chi connectivity index (χ4n) is 1.65. The van der Waals surface area contributed by atoms with Crippen LogP contribution in [-0.2, 0) is 0 Å². The molecule has 0 unspecified atom stereocenters. The van der Waals surface area contributed by atoms with Crippen molar-refractivity contribution in [2.45, 2.75) is 6.92 Å². The second-order valence-corrected chi connectivity index (χ2v) is 5.39. The molecular weight excluding hydrogens is 328 g/mol. The summed E-state index contributed by atoms with van der Waals surface area (Å²) < 4.78 is 0.652. The summed E-state index contributed by atoms with van der Waals surface area (Å²) in [6, 6.07) is 10.4. The van der Waals surface area contributed by atoms with Crippen LogP contribution < -0.4 is 11.1 Å². The van der Waals surface area contributed by atoms with Crippen LogP contribution in [0.25, 0.3) is 0 Å². The van der Waals surface area contributed by atoms with Gasteiger partial charge in [-0.15, -0.1) is 0 Å². The summed E-state index contributed by atoms with van der Waals surface area (Å²) >= 11 is 9.17. The summed E-state index contributed by atoms with van der Waals surface area (Å²) in [5.41, 5.74) is 8.52. The molecule has 0 aliphatic rings. The molecule has 0 heterocycles. The van der Waals surface area contributed by atoms with Crippen molar-refractivity contribution in [3.05, 3.63) is 57.0 Å². The molecule has 0 aliphatic heterocycles. The van der Waals surface area contributed by atoms with Gasteiger partial charge in [-0.25, -0.2) is 0 Å². The first-order valence-corrected chi connectivity index (χ1v) is 6.77. The minimum Gasteiger partial charge on any atom is -0.398 e. The highest BCUT2D eigenvalue weighted by atomic mass is 79.9. The van der Waals surface area contributed by atoms with Crippen molar-refractivity contribution in [2.24, 2.45) is 0 Å². The first kappa shape index (κ1) is 13.9. The molecule has 2 aromatic carbocycles. The van der Waals surface area contributed by atoms with Gasteiger partial charge in [0.1, 0.15) is 0 Å². The number of nitrogens with one attached hydrogen (secondary N) is 1. The third-order valence-electron chi connectivity index (χ3n) is 2.80. The average Bonchev–Trinajstić information content (AvgIpc) is 2.34. The maximum Gasteiger partial charge on any atom is 0.256 e. The number of hydrogen-bond acceptors (Lipinski definition) is 2. The molecule has 5 heteroatoms. The SMILES string of the molecule is Cc1c(N)cccc1NC(=O)c1ccc(Cl)cc1Br. The van der Waals surface area contributed by atoms with Crippen molar-refractivity contribution in [1.29, 1.82) is 0 Å². The Balaban J connectivity index is 2.28. The van der Waals surface area contributed by atoms with Gasteiger partial charge in [0, 0.05) is 20.9 Å². The van der Waals surface area contributed by atoms with Gasteiger partial charge in [-0.2, -0.15) is 0 Å². The Morgan fingerprint density at radius 1 is 1.32 bits per heavy atom. The van der Waals surface area contributed by atoms with Gasteiger partial charge in [0.15, 0.2) is 0 Å².